The molecule has 2 rings (SSSR count). The lowest BCUT2D eigenvalue weighted by atomic mass is 10.1. The molecular weight excluding hydrogens is 168 g/mol. The van der Waals surface area contributed by atoms with Gasteiger partial charge >= 0.3 is 0 Å². The van der Waals surface area contributed by atoms with Gasteiger partial charge < -0.3 is 4.74 Å². The summed E-state index contributed by atoms with van der Waals surface area (Å²) < 4.78 is 5.48. The van der Waals surface area contributed by atoms with Gasteiger partial charge in [0.05, 0.1) is 0 Å². The second-order valence-corrected chi connectivity index (χ2v) is 3.38. The molecule has 0 aromatic heterocycles. The van der Waals surface area contributed by atoms with Crippen LogP contribution < -0.4 is 0 Å². The van der Waals surface area contributed by atoms with Gasteiger partial charge in [-0.05, 0) is 24.2 Å². The van der Waals surface area contributed by atoms with Crippen molar-refractivity contribution in [3.05, 3.63) is 35.9 Å². The summed E-state index contributed by atoms with van der Waals surface area (Å²) in [5.74, 6) is 0. The molecule has 1 unspecified atom stereocenters. The van der Waals surface area contributed by atoms with Crippen molar-refractivity contribution in [3.63, 3.8) is 0 Å². The lowest BCUT2D eigenvalue weighted by Crippen LogP contribution is -1.96. The van der Waals surface area contributed by atoms with E-state index in [1.54, 1.807) is 0 Å². The smallest absolute Gasteiger partial charge is 0.160 e. The summed E-state index contributed by atoms with van der Waals surface area (Å²) in [5, 5.41) is 0.754. The van der Waals surface area contributed by atoms with Gasteiger partial charge in [0, 0.05) is 6.42 Å². The van der Waals surface area contributed by atoms with Gasteiger partial charge in [-0.3, -0.25) is 0 Å². The van der Waals surface area contributed by atoms with E-state index in [9.17, 15) is 0 Å². The molecule has 0 radical (unpaired) electrons. The summed E-state index contributed by atoms with van der Waals surface area (Å²) in [4.78, 5) is 0. The molecule has 1 nitrogen and oxygen atoms in total. The lowest BCUT2D eigenvalue weighted by Gasteiger charge is -2.08. The van der Waals surface area contributed by atoms with Gasteiger partial charge in [-0.25, -0.2) is 0 Å². The van der Waals surface area contributed by atoms with Crippen molar-refractivity contribution < 1.29 is 4.74 Å². The molecule has 0 saturated carbocycles. The Morgan fingerprint density at radius 3 is 2.58 bits per heavy atom. The van der Waals surface area contributed by atoms with E-state index < -0.39 is 0 Å². The maximum atomic E-state index is 5.48. The quantitative estimate of drug-likeness (QED) is 0.611. The molecule has 0 N–H and O–H groups in total. The van der Waals surface area contributed by atoms with Crippen LogP contribution in [0.1, 0.15) is 24.5 Å². The monoisotopic (exact) mass is 178 g/mol. The largest absolute Gasteiger partial charge is 0.479 e. The highest BCUT2D eigenvalue weighted by Crippen LogP contribution is 2.29. The van der Waals surface area contributed by atoms with E-state index in [-0.39, 0.29) is 6.10 Å². The molecule has 0 amide bonds. The molecule has 1 fully saturated rings. The number of ether oxygens (including phenoxy) is 1. The van der Waals surface area contributed by atoms with Gasteiger partial charge in [-0.2, -0.15) is 0 Å². The second-order valence-electron chi connectivity index (χ2n) is 2.93. The fourth-order valence-corrected chi connectivity index (χ4v) is 1.66. The van der Waals surface area contributed by atoms with Gasteiger partial charge in [-0.15, -0.1) is 0 Å². The molecule has 1 aliphatic heterocycles. The normalized spacial score (nSPS) is 22.3. The molecule has 1 saturated heterocycles. The maximum Gasteiger partial charge on any atom is 0.160 e. The first-order chi connectivity index (χ1) is 5.86. The molecular formula is C10H10OS. The van der Waals surface area contributed by atoms with Crippen molar-refractivity contribution in [1.29, 1.82) is 0 Å². The zero-order valence-corrected chi connectivity index (χ0v) is 7.51. The number of thiocarbonyl (C=S) groups is 1. The molecule has 1 atom stereocenters. The molecule has 1 aromatic rings. The van der Waals surface area contributed by atoms with Gasteiger partial charge in [0.1, 0.15) is 6.10 Å². The van der Waals surface area contributed by atoms with Crippen molar-refractivity contribution in [2.24, 2.45) is 0 Å². The highest BCUT2D eigenvalue weighted by molar-refractivity contribution is 7.80. The Bertz CT molecular complexity index is 281. The summed E-state index contributed by atoms with van der Waals surface area (Å²) >= 11 is 4.97. The lowest BCUT2D eigenvalue weighted by molar-refractivity contribution is 0.229. The highest BCUT2D eigenvalue weighted by Gasteiger charge is 2.21. The summed E-state index contributed by atoms with van der Waals surface area (Å²) in [6, 6.07) is 10.2. The van der Waals surface area contributed by atoms with Crippen molar-refractivity contribution in [1.82, 2.24) is 0 Å². The van der Waals surface area contributed by atoms with Crippen LogP contribution in [0.15, 0.2) is 30.3 Å². The first-order valence-electron chi connectivity index (χ1n) is 4.11. The average molecular weight is 178 g/mol. The zero-order chi connectivity index (χ0) is 8.39. The highest BCUT2D eigenvalue weighted by atomic mass is 32.1. The average Bonchev–Trinajstić information content (AvgIpc) is 2.54. The van der Waals surface area contributed by atoms with Crippen LogP contribution in [-0.2, 0) is 4.74 Å². The minimum absolute atomic E-state index is 0.207. The Kier molecular flexibility index (Phi) is 2.09. The van der Waals surface area contributed by atoms with E-state index in [4.69, 9.17) is 17.0 Å². The molecule has 1 heterocycles. The Labute approximate surface area is 77.4 Å². The van der Waals surface area contributed by atoms with Crippen LogP contribution in [0.25, 0.3) is 0 Å². The van der Waals surface area contributed by atoms with Crippen LogP contribution >= 0.6 is 12.2 Å². The number of benzene rings is 1. The third kappa shape index (κ3) is 1.48. The Balaban J connectivity index is 2.16. The molecule has 0 aliphatic carbocycles. The van der Waals surface area contributed by atoms with Gasteiger partial charge in [-0.1, -0.05) is 30.3 Å². The van der Waals surface area contributed by atoms with Gasteiger partial charge in [0.2, 0.25) is 0 Å². The first kappa shape index (κ1) is 7.74. The summed E-state index contributed by atoms with van der Waals surface area (Å²) in [6.45, 7) is 0. The second kappa shape index (κ2) is 3.23. The molecule has 1 aromatic carbocycles. The summed E-state index contributed by atoms with van der Waals surface area (Å²) in [5.41, 5.74) is 1.23. The van der Waals surface area contributed by atoms with E-state index >= 15 is 0 Å². The van der Waals surface area contributed by atoms with Gasteiger partial charge in [0.15, 0.2) is 5.05 Å². The van der Waals surface area contributed by atoms with Crippen LogP contribution in [0.3, 0.4) is 0 Å². The van der Waals surface area contributed by atoms with E-state index in [0.29, 0.717) is 0 Å². The van der Waals surface area contributed by atoms with Crippen molar-refractivity contribution in [2.45, 2.75) is 18.9 Å². The minimum atomic E-state index is 0.207. The SMILES string of the molecule is S=C1CCC(c2ccccc2)O1. The van der Waals surface area contributed by atoms with Crippen LogP contribution in [-0.4, -0.2) is 5.05 Å². The van der Waals surface area contributed by atoms with E-state index in [1.807, 2.05) is 18.2 Å². The van der Waals surface area contributed by atoms with E-state index in [0.717, 1.165) is 17.9 Å². The molecule has 62 valence electrons. The van der Waals surface area contributed by atoms with Crippen molar-refractivity contribution in [3.8, 4) is 0 Å². The molecule has 1 aliphatic rings. The van der Waals surface area contributed by atoms with E-state index in [1.165, 1.54) is 5.56 Å². The molecule has 12 heavy (non-hydrogen) atoms. The fourth-order valence-electron chi connectivity index (χ4n) is 1.43. The van der Waals surface area contributed by atoms with Crippen LogP contribution in [0.4, 0.5) is 0 Å². The van der Waals surface area contributed by atoms with Gasteiger partial charge in [0.25, 0.3) is 0 Å². The third-order valence-corrected chi connectivity index (χ3v) is 2.36. The Morgan fingerprint density at radius 2 is 2.00 bits per heavy atom. The molecule has 0 bridgehead atoms. The minimum Gasteiger partial charge on any atom is -0.479 e. The standard InChI is InChI=1S/C10H10OS/c12-10-7-6-9(11-10)8-4-2-1-3-5-8/h1-5,9H,6-7H2. The maximum absolute atomic E-state index is 5.48. The first-order valence-corrected chi connectivity index (χ1v) is 4.51. The number of hydrogen-bond donors (Lipinski definition) is 0. The number of rotatable bonds is 1. The Morgan fingerprint density at radius 1 is 1.25 bits per heavy atom. The van der Waals surface area contributed by atoms with Crippen molar-refractivity contribution >= 4 is 17.3 Å². The predicted octanol–water partition coefficient (Wildman–Crippen LogP) is 2.87. The fraction of sp³-hybridized carbons (Fsp3) is 0.300. The molecule has 0 spiro atoms. The van der Waals surface area contributed by atoms with Crippen LogP contribution in [0.2, 0.25) is 0 Å². The summed E-state index contributed by atoms with van der Waals surface area (Å²) in [7, 11) is 0. The van der Waals surface area contributed by atoms with Crippen LogP contribution in [0.5, 0.6) is 0 Å². The zero-order valence-electron chi connectivity index (χ0n) is 6.69. The van der Waals surface area contributed by atoms with E-state index in [2.05, 4.69) is 12.1 Å². The Hall–Kier alpha value is -0.890. The number of hydrogen-bond acceptors (Lipinski definition) is 2. The third-order valence-electron chi connectivity index (χ3n) is 2.06. The topological polar surface area (TPSA) is 9.23 Å². The van der Waals surface area contributed by atoms with Crippen molar-refractivity contribution in [2.75, 3.05) is 0 Å². The molecule has 2 heteroatoms. The predicted molar refractivity (Wildman–Crippen MR) is 52.1 cm³/mol. The van der Waals surface area contributed by atoms with Crippen LogP contribution in [0, 0.1) is 0 Å². The summed E-state index contributed by atoms with van der Waals surface area (Å²) in [6.07, 6.45) is 2.16.